The van der Waals surface area contributed by atoms with E-state index in [1.165, 1.54) is 22.5 Å². The number of hydrogen-bond acceptors (Lipinski definition) is 5. The number of carbonyl (C=O) groups excluding carboxylic acids is 1. The van der Waals surface area contributed by atoms with Gasteiger partial charge in [0.2, 0.25) is 0 Å². The molecule has 35 heavy (non-hydrogen) atoms. The lowest BCUT2D eigenvalue weighted by Crippen LogP contribution is -2.30. The van der Waals surface area contributed by atoms with E-state index in [0.717, 1.165) is 72.1 Å². The molecule has 0 atom stereocenters. The third kappa shape index (κ3) is 6.09. The minimum absolute atomic E-state index is 0.0488. The van der Waals surface area contributed by atoms with Gasteiger partial charge in [-0.25, -0.2) is 0 Å². The fourth-order valence-corrected chi connectivity index (χ4v) is 5.58. The van der Waals surface area contributed by atoms with Crippen LogP contribution in [0.2, 0.25) is 0 Å². The lowest BCUT2D eigenvalue weighted by atomic mass is 10.1. The lowest BCUT2D eigenvalue weighted by molar-refractivity contribution is 0.103. The summed E-state index contributed by atoms with van der Waals surface area (Å²) in [6.07, 6.45) is 1.15. The Hall–Kier alpha value is -3.19. The zero-order chi connectivity index (χ0) is 24.0. The summed E-state index contributed by atoms with van der Waals surface area (Å²) in [5.74, 6) is 0.852. The van der Waals surface area contributed by atoms with Crippen LogP contribution in [0.15, 0.2) is 78.9 Å². The second-order valence-electron chi connectivity index (χ2n) is 9.06. The number of thiophene rings is 1. The van der Waals surface area contributed by atoms with Gasteiger partial charge in [0.25, 0.3) is 5.91 Å². The second-order valence-corrected chi connectivity index (χ2v) is 10.1. The number of anilines is 1. The molecule has 0 saturated carbocycles. The minimum Gasteiger partial charge on any atom is -0.497 e. The predicted molar refractivity (Wildman–Crippen MR) is 144 cm³/mol. The summed E-state index contributed by atoms with van der Waals surface area (Å²) in [6.45, 7) is 6.13. The van der Waals surface area contributed by atoms with Crippen molar-refractivity contribution in [1.29, 1.82) is 0 Å². The molecular weight excluding hydrogens is 454 g/mol. The summed E-state index contributed by atoms with van der Waals surface area (Å²) in [5, 5.41) is 4.20. The largest absolute Gasteiger partial charge is 0.497 e. The van der Waals surface area contributed by atoms with Crippen molar-refractivity contribution in [3.05, 3.63) is 94.9 Å². The van der Waals surface area contributed by atoms with Crippen LogP contribution >= 0.6 is 11.3 Å². The molecule has 5 rings (SSSR count). The summed E-state index contributed by atoms with van der Waals surface area (Å²) in [4.78, 5) is 18.6. The number of carbonyl (C=O) groups is 1. The number of benzene rings is 3. The SMILES string of the molecule is COc1ccc(CN2CCCN(Cc3cccc(NC(=O)c4cc5ccccc5s4)c3)CC2)cc1. The maximum Gasteiger partial charge on any atom is 0.265 e. The molecular formula is C29H31N3O2S. The van der Waals surface area contributed by atoms with Gasteiger partial charge in [-0.3, -0.25) is 14.6 Å². The van der Waals surface area contributed by atoms with Crippen LogP contribution in [0.4, 0.5) is 5.69 Å². The molecule has 1 aromatic heterocycles. The van der Waals surface area contributed by atoms with E-state index in [2.05, 4.69) is 45.4 Å². The van der Waals surface area contributed by atoms with Gasteiger partial charge in [-0.15, -0.1) is 11.3 Å². The number of amides is 1. The molecule has 4 aromatic rings. The molecule has 6 heteroatoms. The van der Waals surface area contributed by atoms with Crippen molar-refractivity contribution in [3.63, 3.8) is 0 Å². The smallest absolute Gasteiger partial charge is 0.265 e. The molecule has 5 nitrogen and oxygen atoms in total. The maximum absolute atomic E-state index is 12.8. The third-order valence-corrected chi connectivity index (χ3v) is 7.60. The first-order valence-electron chi connectivity index (χ1n) is 12.1. The Balaban J connectivity index is 1.16. The predicted octanol–water partition coefficient (Wildman–Crippen LogP) is 5.87. The van der Waals surface area contributed by atoms with Gasteiger partial charge in [0.05, 0.1) is 12.0 Å². The summed E-state index contributed by atoms with van der Waals surface area (Å²) in [6, 6.07) is 26.7. The highest BCUT2D eigenvalue weighted by molar-refractivity contribution is 7.20. The summed E-state index contributed by atoms with van der Waals surface area (Å²) >= 11 is 1.53. The molecule has 0 spiro atoms. The number of ether oxygens (including phenoxy) is 1. The Labute approximate surface area is 210 Å². The topological polar surface area (TPSA) is 44.8 Å². The van der Waals surface area contributed by atoms with E-state index in [4.69, 9.17) is 4.74 Å². The number of fused-ring (bicyclic) bond motifs is 1. The molecule has 0 unspecified atom stereocenters. The van der Waals surface area contributed by atoms with E-state index >= 15 is 0 Å². The first-order chi connectivity index (χ1) is 17.2. The second kappa shape index (κ2) is 11.0. The van der Waals surface area contributed by atoms with Gasteiger partial charge >= 0.3 is 0 Å². The van der Waals surface area contributed by atoms with Gasteiger partial charge in [-0.05, 0) is 72.4 Å². The average molecular weight is 486 g/mol. The molecule has 1 fully saturated rings. The van der Waals surface area contributed by atoms with Gasteiger partial charge < -0.3 is 10.1 Å². The molecule has 1 amide bonds. The Kier molecular flexibility index (Phi) is 7.42. The van der Waals surface area contributed by atoms with E-state index in [1.807, 2.05) is 48.5 Å². The van der Waals surface area contributed by atoms with Gasteiger partial charge in [0.15, 0.2) is 0 Å². The van der Waals surface area contributed by atoms with Gasteiger partial charge in [-0.2, -0.15) is 0 Å². The number of rotatable bonds is 7. The van der Waals surface area contributed by atoms with Crippen LogP contribution in [0.3, 0.4) is 0 Å². The van der Waals surface area contributed by atoms with E-state index in [9.17, 15) is 4.79 Å². The zero-order valence-electron chi connectivity index (χ0n) is 20.1. The van der Waals surface area contributed by atoms with Gasteiger partial charge in [-0.1, -0.05) is 42.5 Å². The summed E-state index contributed by atoms with van der Waals surface area (Å²) in [7, 11) is 1.70. The summed E-state index contributed by atoms with van der Waals surface area (Å²) in [5.41, 5.74) is 3.39. The van der Waals surface area contributed by atoms with Crippen LogP contribution in [0, 0.1) is 0 Å². The van der Waals surface area contributed by atoms with Crippen LogP contribution in [-0.4, -0.2) is 49.0 Å². The van der Waals surface area contributed by atoms with Crippen molar-refractivity contribution in [2.75, 3.05) is 38.6 Å². The number of nitrogens with zero attached hydrogens (tertiary/aromatic N) is 2. The highest BCUT2D eigenvalue weighted by atomic mass is 32.1. The van der Waals surface area contributed by atoms with Crippen LogP contribution < -0.4 is 10.1 Å². The molecule has 0 bridgehead atoms. The molecule has 0 aliphatic carbocycles. The van der Waals surface area contributed by atoms with Crippen molar-refractivity contribution in [2.24, 2.45) is 0 Å². The van der Waals surface area contributed by atoms with Gasteiger partial charge in [0.1, 0.15) is 5.75 Å². The Morgan fingerprint density at radius 2 is 1.60 bits per heavy atom. The van der Waals surface area contributed by atoms with Gasteiger partial charge in [0, 0.05) is 36.6 Å². The van der Waals surface area contributed by atoms with Crippen molar-refractivity contribution in [2.45, 2.75) is 19.5 Å². The number of methoxy groups -OCH3 is 1. The van der Waals surface area contributed by atoms with Crippen molar-refractivity contribution < 1.29 is 9.53 Å². The molecule has 0 radical (unpaired) electrons. The molecule has 1 N–H and O–H groups in total. The average Bonchev–Trinajstić information content (AvgIpc) is 3.21. The zero-order valence-corrected chi connectivity index (χ0v) is 20.9. The Morgan fingerprint density at radius 1 is 0.857 bits per heavy atom. The molecule has 2 heterocycles. The first-order valence-corrected chi connectivity index (χ1v) is 12.9. The van der Waals surface area contributed by atoms with E-state index < -0.39 is 0 Å². The Bertz CT molecular complexity index is 1250. The van der Waals surface area contributed by atoms with Crippen LogP contribution in [0.5, 0.6) is 5.75 Å². The van der Waals surface area contributed by atoms with E-state index in [0.29, 0.717) is 0 Å². The molecule has 180 valence electrons. The quantitative estimate of drug-likeness (QED) is 0.356. The van der Waals surface area contributed by atoms with Crippen molar-refractivity contribution in [3.8, 4) is 5.75 Å². The maximum atomic E-state index is 12.8. The van der Waals surface area contributed by atoms with Crippen molar-refractivity contribution >= 4 is 33.0 Å². The van der Waals surface area contributed by atoms with E-state index in [1.54, 1.807) is 7.11 Å². The monoisotopic (exact) mass is 485 g/mol. The van der Waals surface area contributed by atoms with Crippen LogP contribution in [0.1, 0.15) is 27.2 Å². The third-order valence-electron chi connectivity index (χ3n) is 6.49. The standard InChI is InChI=1S/C29H31N3O2S/c1-34-26-12-10-22(11-13-26)20-31-14-5-15-32(17-16-31)21-23-6-4-8-25(18-23)30-29(33)28-19-24-7-2-3-9-27(24)35-28/h2-4,6-13,18-19H,5,14-17,20-21H2,1H3,(H,30,33). The summed E-state index contributed by atoms with van der Waals surface area (Å²) < 4.78 is 6.40. The van der Waals surface area contributed by atoms with Crippen LogP contribution in [0.25, 0.3) is 10.1 Å². The molecule has 1 aliphatic heterocycles. The number of hydrogen-bond donors (Lipinski definition) is 1. The lowest BCUT2D eigenvalue weighted by Gasteiger charge is -2.22. The van der Waals surface area contributed by atoms with E-state index in [-0.39, 0.29) is 5.91 Å². The highest BCUT2D eigenvalue weighted by Crippen LogP contribution is 2.26. The molecule has 1 saturated heterocycles. The first kappa shape index (κ1) is 23.5. The molecule has 3 aromatic carbocycles. The van der Waals surface area contributed by atoms with Crippen LogP contribution in [-0.2, 0) is 13.1 Å². The normalized spacial score (nSPS) is 15.1. The number of nitrogens with one attached hydrogen (secondary N) is 1. The van der Waals surface area contributed by atoms with Crippen molar-refractivity contribution in [1.82, 2.24) is 9.80 Å². The highest BCUT2D eigenvalue weighted by Gasteiger charge is 2.16. The Morgan fingerprint density at radius 3 is 2.34 bits per heavy atom. The molecule has 1 aliphatic rings. The fourth-order valence-electron chi connectivity index (χ4n) is 4.62. The minimum atomic E-state index is -0.0488. The fraction of sp³-hybridized carbons (Fsp3) is 0.276.